The summed E-state index contributed by atoms with van der Waals surface area (Å²) in [5.74, 6) is 0.443. The number of thiazole rings is 1. The molecular formula is C15H18N2O2S2. The van der Waals surface area contributed by atoms with Gasteiger partial charge in [0.15, 0.2) is 0 Å². The fourth-order valence-corrected chi connectivity index (χ4v) is 4.23. The molecule has 112 valence electrons. The summed E-state index contributed by atoms with van der Waals surface area (Å²) in [6, 6.07) is 2.02. The van der Waals surface area contributed by atoms with Crippen LogP contribution in [0.15, 0.2) is 22.2 Å². The number of nitrogens with zero attached hydrogens (tertiary/aromatic N) is 2. The largest absolute Gasteiger partial charge is 0.396 e. The summed E-state index contributed by atoms with van der Waals surface area (Å²) < 4.78 is 0. The van der Waals surface area contributed by atoms with Crippen LogP contribution in [-0.2, 0) is 0 Å². The quantitative estimate of drug-likeness (QED) is 0.941. The molecule has 1 atom stereocenters. The SMILES string of the molecule is O=C(c1csc(-c2ccsc2)n1)N1CCCC(CCO)C1. The summed E-state index contributed by atoms with van der Waals surface area (Å²) in [5.41, 5.74) is 1.63. The van der Waals surface area contributed by atoms with E-state index >= 15 is 0 Å². The molecule has 21 heavy (non-hydrogen) atoms. The standard InChI is InChI=1S/C15H18N2O2S2/c18-6-3-11-2-1-5-17(8-11)15(19)13-10-21-14(16-13)12-4-7-20-9-12/h4,7,9-11,18H,1-3,5-6,8H2. The number of aromatic nitrogens is 1. The summed E-state index contributed by atoms with van der Waals surface area (Å²) in [6.07, 6.45) is 2.89. The Morgan fingerprint density at radius 1 is 1.48 bits per heavy atom. The van der Waals surface area contributed by atoms with E-state index in [9.17, 15) is 4.79 Å². The number of likely N-dealkylation sites (tertiary alicyclic amines) is 1. The Hall–Kier alpha value is -1.24. The summed E-state index contributed by atoms with van der Waals surface area (Å²) >= 11 is 3.15. The predicted octanol–water partition coefficient (Wildman–Crippen LogP) is 3.11. The Kier molecular flexibility index (Phi) is 4.67. The highest BCUT2D eigenvalue weighted by atomic mass is 32.1. The third kappa shape index (κ3) is 3.33. The average Bonchev–Trinajstić information content (AvgIpc) is 3.18. The van der Waals surface area contributed by atoms with Crippen LogP contribution in [0.25, 0.3) is 10.6 Å². The maximum atomic E-state index is 12.5. The van der Waals surface area contributed by atoms with Crippen molar-refractivity contribution >= 4 is 28.6 Å². The van der Waals surface area contributed by atoms with E-state index in [0.717, 1.165) is 42.9 Å². The lowest BCUT2D eigenvalue weighted by Gasteiger charge is -2.32. The molecule has 1 saturated heterocycles. The highest BCUT2D eigenvalue weighted by molar-refractivity contribution is 7.14. The molecule has 1 N–H and O–H groups in total. The van der Waals surface area contributed by atoms with Crippen molar-refractivity contribution in [3.05, 3.63) is 27.9 Å². The van der Waals surface area contributed by atoms with Crippen molar-refractivity contribution in [3.8, 4) is 10.6 Å². The van der Waals surface area contributed by atoms with Crippen molar-refractivity contribution in [1.82, 2.24) is 9.88 Å². The molecular weight excluding hydrogens is 304 g/mol. The lowest BCUT2D eigenvalue weighted by molar-refractivity contribution is 0.0648. The number of carbonyl (C=O) groups is 1. The zero-order valence-electron chi connectivity index (χ0n) is 11.7. The van der Waals surface area contributed by atoms with Gasteiger partial charge in [-0.2, -0.15) is 11.3 Å². The third-order valence-electron chi connectivity index (χ3n) is 3.83. The van der Waals surface area contributed by atoms with Gasteiger partial charge in [-0.3, -0.25) is 4.79 Å². The predicted molar refractivity (Wildman–Crippen MR) is 85.8 cm³/mol. The zero-order valence-corrected chi connectivity index (χ0v) is 13.3. The molecule has 0 saturated carbocycles. The minimum Gasteiger partial charge on any atom is -0.396 e. The Labute approximate surface area is 132 Å². The van der Waals surface area contributed by atoms with E-state index < -0.39 is 0 Å². The Balaban J connectivity index is 1.70. The van der Waals surface area contributed by atoms with Crippen LogP contribution in [-0.4, -0.2) is 40.6 Å². The first kappa shape index (κ1) is 14.7. The van der Waals surface area contributed by atoms with Gasteiger partial charge in [0.1, 0.15) is 10.7 Å². The minimum atomic E-state index is 0.0235. The molecule has 3 rings (SSSR count). The molecule has 2 aromatic rings. The fraction of sp³-hybridized carbons (Fsp3) is 0.467. The topological polar surface area (TPSA) is 53.4 Å². The van der Waals surface area contributed by atoms with E-state index in [-0.39, 0.29) is 12.5 Å². The van der Waals surface area contributed by atoms with Crippen LogP contribution < -0.4 is 0 Å². The summed E-state index contributed by atoms with van der Waals surface area (Å²) in [4.78, 5) is 18.9. The van der Waals surface area contributed by atoms with Crippen LogP contribution >= 0.6 is 22.7 Å². The molecule has 0 spiro atoms. The molecule has 0 bridgehead atoms. The summed E-state index contributed by atoms with van der Waals surface area (Å²) in [6.45, 7) is 1.74. The second-order valence-electron chi connectivity index (χ2n) is 5.32. The van der Waals surface area contributed by atoms with Gasteiger partial charge in [-0.05, 0) is 36.6 Å². The number of thiophene rings is 1. The molecule has 4 nitrogen and oxygen atoms in total. The number of hydrogen-bond acceptors (Lipinski definition) is 5. The Morgan fingerprint density at radius 3 is 3.14 bits per heavy atom. The van der Waals surface area contributed by atoms with Gasteiger partial charge < -0.3 is 10.0 Å². The van der Waals surface area contributed by atoms with Crippen LogP contribution in [0.4, 0.5) is 0 Å². The minimum absolute atomic E-state index is 0.0235. The molecule has 0 radical (unpaired) electrons. The van der Waals surface area contributed by atoms with Crippen molar-refractivity contribution in [2.75, 3.05) is 19.7 Å². The van der Waals surface area contributed by atoms with Crippen LogP contribution in [0.2, 0.25) is 0 Å². The molecule has 1 aliphatic rings. The van der Waals surface area contributed by atoms with Gasteiger partial charge in [0.05, 0.1) is 0 Å². The molecule has 3 heterocycles. The Morgan fingerprint density at radius 2 is 2.38 bits per heavy atom. The zero-order chi connectivity index (χ0) is 14.7. The van der Waals surface area contributed by atoms with E-state index in [4.69, 9.17) is 5.11 Å². The second-order valence-corrected chi connectivity index (χ2v) is 6.96. The third-order valence-corrected chi connectivity index (χ3v) is 5.41. The molecule has 1 unspecified atom stereocenters. The van der Waals surface area contributed by atoms with Crippen molar-refractivity contribution in [2.24, 2.45) is 5.92 Å². The number of aliphatic hydroxyl groups excluding tert-OH is 1. The second kappa shape index (κ2) is 6.68. The van der Waals surface area contributed by atoms with Gasteiger partial charge in [-0.25, -0.2) is 4.98 Å². The van der Waals surface area contributed by atoms with E-state index in [0.29, 0.717) is 11.6 Å². The maximum absolute atomic E-state index is 12.5. The van der Waals surface area contributed by atoms with Crippen LogP contribution in [0.3, 0.4) is 0 Å². The molecule has 6 heteroatoms. The molecule has 1 amide bonds. The Bertz CT molecular complexity index is 593. The summed E-state index contributed by atoms with van der Waals surface area (Å²) in [5, 5.41) is 15.9. The number of aliphatic hydroxyl groups is 1. The van der Waals surface area contributed by atoms with Crippen molar-refractivity contribution in [1.29, 1.82) is 0 Å². The van der Waals surface area contributed by atoms with Gasteiger partial charge in [0.2, 0.25) is 0 Å². The monoisotopic (exact) mass is 322 g/mol. The highest BCUT2D eigenvalue weighted by Gasteiger charge is 2.25. The molecule has 0 aromatic carbocycles. The van der Waals surface area contributed by atoms with Crippen molar-refractivity contribution < 1.29 is 9.90 Å². The fourth-order valence-electron chi connectivity index (χ4n) is 2.72. The van der Waals surface area contributed by atoms with Gasteiger partial charge in [0, 0.05) is 36.0 Å². The molecule has 1 fully saturated rings. The smallest absolute Gasteiger partial charge is 0.273 e. The molecule has 0 aliphatic carbocycles. The molecule has 2 aromatic heterocycles. The van der Waals surface area contributed by atoms with Crippen LogP contribution in [0.5, 0.6) is 0 Å². The number of hydrogen-bond donors (Lipinski definition) is 1. The number of piperidine rings is 1. The maximum Gasteiger partial charge on any atom is 0.273 e. The van der Waals surface area contributed by atoms with Crippen molar-refractivity contribution in [3.63, 3.8) is 0 Å². The first-order valence-electron chi connectivity index (χ1n) is 7.16. The van der Waals surface area contributed by atoms with Crippen LogP contribution in [0.1, 0.15) is 29.8 Å². The number of rotatable bonds is 4. The van der Waals surface area contributed by atoms with E-state index in [1.807, 2.05) is 27.1 Å². The van der Waals surface area contributed by atoms with Crippen molar-refractivity contribution in [2.45, 2.75) is 19.3 Å². The van der Waals surface area contributed by atoms with E-state index in [1.54, 1.807) is 11.3 Å². The number of carbonyl (C=O) groups excluding carboxylic acids is 1. The first-order chi connectivity index (χ1) is 10.3. The van der Waals surface area contributed by atoms with Gasteiger partial charge in [-0.15, -0.1) is 11.3 Å². The number of amides is 1. The first-order valence-corrected chi connectivity index (χ1v) is 8.98. The average molecular weight is 322 g/mol. The summed E-state index contributed by atoms with van der Waals surface area (Å²) in [7, 11) is 0. The van der Waals surface area contributed by atoms with E-state index in [1.165, 1.54) is 11.3 Å². The highest BCUT2D eigenvalue weighted by Crippen LogP contribution is 2.27. The van der Waals surface area contributed by atoms with Gasteiger partial charge >= 0.3 is 0 Å². The molecule has 1 aliphatic heterocycles. The van der Waals surface area contributed by atoms with E-state index in [2.05, 4.69) is 4.98 Å². The lowest BCUT2D eigenvalue weighted by atomic mass is 9.95. The van der Waals surface area contributed by atoms with Gasteiger partial charge in [0.25, 0.3) is 5.91 Å². The van der Waals surface area contributed by atoms with Gasteiger partial charge in [-0.1, -0.05) is 0 Å². The normalized spacial score (nSPS) is 18.9. The van der Waals surface area contributed by atoms with Crippen LogP contribution in [0, 0.1) is 5.92 Å². The lowest BCUT2D eigenvalue weighted by Crippen LogP contribution is -2.40.